The Hall–Kier alpha value is -2.82. The van der Waals surface area contributed by atoms with Gasteiger partial charge in [0, 0.05) is 12.1 Å². The van der Waals surface area contributed by atoms with Crippen LogP contribution >= 0.6 is 0 Å². The van der Waals surface area contributed by atoms with E-state index in [0.717, 1.165) is 18.5 Å². The molecule has 1 fully saturated rings. The number of hydrogen-bond acceptors (Lipinski definition) is 4. The summed E-state index contributed by atoms with van der Waals surface area (Å²) in [7, 11) is 0. The zero-order valence-electron chi connectivity index (χ0n) is 13.2. The summed E-state index contributed by atoms with van der Waals surface area (Å²) in [5.74, 6) is 0.297. The highest BCUT2D eigenvalue weighted by Crippen LogP contribution is 2.29. The summed E-state index contributed by atoms with van der Waals surface area (Å²) >= 11 is 0. The Balaban J connectivity index is 1.79. The molecular weight excluding hydrogens is 306 g/mol. The quantitative estimate of drug-likeness (QED) is 0.858. The van der Waals surface area contributed by atoms with Gasteiger partial charge in [-0.1, -0.05) is 24.3 Å². The minimum absolute atomic E-state index is 0.0765. The number of aromatic hydroxyl groups is 1. The number of para-hydroxylation sites is 1. The third-order valence-electron chi connectivity index (χ3n) is 4.19. The summed E-state index contributed by atoms with van der Waals surface area (Å²) in [6.45, 7) is 0.269. The van der Waals surface area contributed by atoms with Gasteiger partial charge in [0.1, 0.15) is 18.1 Å². The molecule has 3 rings (SSSR count). The number of carbonyl (C=O) groups is 2. The number of phenolic OH excluding ortho intramolecular Hbond substituents is 1. The van der Waals surface area contributed by atoms with Crippen molar-refractivity contribution in [1.29, 1.82) is 0 Å². The summed E-state index contributed by atoms with van der Waals surface area (Å²) in [5, 5.41) is 9.72. The third-order valence-corrected chi connectivity index (χ3v) is 4.19. The van der Waals surface area contributed by atoms with E-state index in [1.165, 1.54) is 6.07 Å². The minimum atomic E-state index is -0.109. The number of anilines is 1. The predicted octanol–water partition coefficient (Wildman–Crippen LogP) is 3.17. The summed E-state index contributed by atoms with van der Waals surface area (Å²) < 4.78 is 5.76. The molecule has 1 aliphatic heterocycles. The van der Waals surface area contributed by atoms with E-state index < -0.39 is 0 Å². The standard InChI is InChI=1S/C19H19NO4/c21-12-16-17(22)9-5-10-18(16)24-13-15-8-4-11-19(23)20(15)14-6-2-1-3-7-14/h1-3,5-7,9-10,12,15,22H,4,8,11,13H2. The Morgan fingerprint density at radius 3 is 2.71 bits per heavy atom. The molecule has 0 saturated carbocycles. The van der Waals surface area contributed by atoms with Gasteiger partial charge in [-0.2, -0.15) is 0 Å². The number of ether oxygens (including phenoxy) is 1. The fraction of sp³-hybridized carbons (Fsp3) is 0.263. The number of benzene rings is 2. The molecule has 1 unspecified atom stereocenters. The van der Waals surface area contributed by atoms with Gasteiger partial charge >= 0.3 is 0 Å². The highest BCUT2D eigenvalue weighted by atomic mass is 16.5. The van der Waals surface area contributed by atoms with Crippen molar-refractivity contribution in [3.8, 4) is 11.5 Å². The van der Waals surface area contributed by atoms with Crippen LogP contribution in [0.3, 0.4) is 0 Å². The largest absolute Gasteiger partial charge is 0.507 e. The van der Waals surface area contributed by atoms with Gasteiger partial charge < -0.3 is 14.7 Å². The maximum atomic E-state index is 12.4. The highest BCUT2D eigenvalue weighted by molar-refractivity contribution is 5.94. The van der Waals surface area contributed by atoms with Crippen LogP contribution in [0, 0.1) is 0 Å². The van der Waals surface area contributed by atoms with Gasteiger partial charge in [0.25, 0.3) is 0 Å². The molecule has 1 heterocycles. The number of phenols is 1. The molecule has 5 heteroatoms. The molecule has 0 aliphatic carbocycles. The van der Waals surface area contributed by atoms with Crippen molar-refractivity contribution in [2.45, 2.75) is 25.3 Å². The van der Waals surface area contributed by atoms with E-state index in [0.29, 0.717) is 18.5 Å². The maximum absolute atomic E-state index is 12.4. The molecule has 0 radical (unpaired) electrons. The lowest BCUT2D eigenvalue weighted by Crippen LogP contribution is -2.47. The molecule has 0 aromatic heterocycles. The van der Waals surface area contributed by atoms with E-state index in [4.69, 9.17) is 4.74 Å². The molecule has 0 spiro atoms. The first kappa shape index (κ1) is 16.1. The van der Waals surface area contributed by atoms with Crippen LogP contribution in [0.5, 0.6) is 11.5 Å². The lowest BCUT2D eigenvalue weighted by molar-refractivity contribution is -0.120. The van der Waals surface area contributed by atoms with Crippen LogP contribution in [-0.2, 0) is 4.79 Å². The number of amides is 1. The first-order valence-electron chi connectivity index (χ1n) is 7.98. The molecule has 1 N–H and O–H groups in total. The summed E-state index contributed by atoms with van der Waals surface area (Å²) in [6, 6.07) is 14.1. The monoisotopic (exact) mass is 325 g/mol. The van der Waals surface area contributed by atoms with Crippen LogP contribution in [0.15, 0.2) is 48.5 Å². The maximum Gasteiger partial charge on any atom is 0.227 e. The molecule has 1 atom stereocenters. The number of carbonyl (C=O) groups excluding carboxylic acids is 2. The Kier molecular flexibility index (Phi) is 4.79. The normalized spacial score (nSPS) is 17.6. The Morgan fingerprint density at radius 1 is 1.17 bits per heavy atom. The molecule has 1 aliphatic rings. The second-order valence-corrected chi connectivity index (χ2v) is 5.76. The molecule has 1 saturated heterocycles. The Labute approximate surface area is 140 Å². The van der Waals surface area contributed by atoms with E-state index in [9.17, 15) is 14.7 Å². The van der Waals surface area contributed by atoms with Crippen molar-refractivity contribution in [3.05, 3.63) is 54.1 Å². The van der Waals surface area contributed by atoms with Crippen molar-refractivity contribution >= 4 is 17.9 Å². The zero-order valence-corrected chi connectivity index (χ0v) is 13.2. The average molecular weight is 325 g/mol. The second kappa shape index (κ2) is 7.17. The van der Waals surface area contributed by atoms with Crippen molar-refractivity contribution in [2.24, 2.45) is 0 Å². The van der Waals surface area contributed by atoms with Crippen LogP contribution < -0.4 is 9.64 Å². The van der Waals surface area contributed by atoms with Crippen LogP contribution in [0.4, 0.5) is 5.69 Å². The summed E-state index contributed by atoms with van der Waals surface area (Å²) in [6.07, 6.45) is 2.75. The molecule has 0 bridgehead atoms. The van der Waals surface area contributed by atoms with Gasteiger partial charge in [0.15, 0.2) is 6.29 Å². The lowest BCUT2D eigenvalue weighted by Gasteiger charge is -2.35. The SMILES string of the molecule is O=Cc1c(O)cccc1OCC1CCCC(=O)N1c1ccccc1. The molecule has 1 amide bonds. The lowest BCUT2D eigenvalue weighted by atomic mass is 10.0. The van der Waals surface area contributed by atoms with Gasteiger partial charge in [0.2, 0.25) is 5.91 Å². The van der Waals surface area contributed by atoms with E-state index >= 15 is 0 Å². The third kappa shape index (κ3) is 3.25. The number of piperidine rings is 1. The Morgan fingerprint density at radius 2 is 1.96 bits per heavy atom. The van der Waals surface area contributed by atoms with Crippen LogP contribution in [0.1, 0.15) is 29.6 Å². The average Bonchev–Trinajstić information content (AvgIpc) is 2.60. The fourth-order valence-corrected chi connectivity index (χ4v) is 3.01. The highest BCUT2D eigenvalue weighted by Gasteiger charge is 2.30. The van der Waals surface area contributed by atoms with Crippen molar-refractivity contribution < 1.29 is 19.4 Å². The van der Waals surface area contributed by atoms with Crippen LogP contribution in [0.2, 0.25) is 0 Å². The van der Waals surface area contributed by atoms with Gasteiger partial charge in [-0.25, -0.2) is 0 Å². The van der Waals surface area contributed by atoms with E-state index in [2.05, 4.69) is 0 Å². The molecule has 124 valence electrons. The number of nitrogens with zero attached hydrogens (tertiary/aromatic N) is 1. The summed E-state index contributed by atoms with van der Waals surface area (Å²) in [4.78, 5) is 25.3. The predicted molar refractivity (Wildman–Crippen MR) is 90.6 cm³/mol. The molecule has 5 nitrogen and oxygen atoms in total. The van der Waals surface area contributed by atoms with Crippen molar-refractivity contribution in [1.82, 2.24) is 0 Å². The second-order valence-electron chi connectivity index (χ2n) is 5.76. The molecule has 24 heavy (non-hydrogen) atoms. The number of rotatable bonds is 5. The number of hydrogen-bond donors (Lipinski definition) is 1. The van der Waals surface area contributed by atoms with Gasteiger partial charge in [-0.3, -0.25) is 9.59 Å². The molecular formula is C19H19NO4. The minimum Gasteiger partial charge on any atom is -0.507 e. The van der Waals surface area contributed by atoms with E-state index in [-0.39, 0.29) is 29.9 Å². The Bertz CT molecular complexity index is 729. The van der Waals surface area contributed by atoms with Crippen LogP contribution in [0.25, 0.3) is 0 Å². The molecule has 2 aromatic carbocycles. The van der Waals surface area contributed by atoms with Gasteiger partial charge in [-0.05, 0) is 37.1 Å². The van der Waals surface area contributed by atoms with Gasteiger partial charge in [-0.15, -0.1) is 0 Å². The van der Waals surface area contributed by atoms with Crippen LogP contribution in [-0.4, -0.2) is 29.9 Å². The van der Waals surface area contributed by atoms with E-state index in [1.807, 2.05) is 30.3 Å². The number of aldehydes is 1. The topological polar surface area (TPSA) is 66.8 Å². The summed E-state index contributed by atoms with van der Waals surface area (Å²) in [5.41, 5.74) is 0.980. The smallest absolute Gasteiger partial charge is 0.227 e. The van der Waals surface area contributed by atoms with Gasteiger partial charge in [0.05, 0.1) is 11.6 Å². The first-order chi connectivity index (χ1) is 11.7. The fourth-order valence-electron chi connectivity index (χ4n) is 3.01. The van der Waals surface area contributed by atoms with Crippen molar-refractivity contribution in [2.75, 3.05) is 11.5 Å². The van der Waals surface area contributed by atoms with E-state index in [1.54, 1.807) is 17.0 Å². The molecule has 2 aromatic rings. The zero-order chi connectivity index (χ0) is 16.9. The van der Waals surface area contributed by atoms with Crippen molar-refractivity contribution in [3.63, 3.8) is 0 Å². The first-order valence-corrected chi connectivity index (χ1v) is 7.98.